The Hall–Kier alpha value is -2.26. The molecule has 9 heteroatoms. The Labute approximate surface area is 164 Å². The number of anilines is 1. The zero-order valence-corrected chi connectivity index (χ0v) is 16.9. The molecule has 1 aromatic carbocycles. The summed E-state index contributed by atoms with van der Waals surface area (Å²) in [6, 6.07) is 4.70. The normalized spacial score (nSPS) is 22.1. The molecular weight excluding hydrogens is 383 g/mol. The van der Waals surface area contributed by atoms with Crippen LogP contribution in [0.15, 0.2) is 29.4 Å². The molecule has 150 valence electrons. The third kappa shape index (κ3) is 2.93. The molecule has 1 aromatic heterocycles. The summed E-state index contributed by atoms with van der Waals surface area (Å²) in [7, 11) is -2.24. The smallest absolute Gasteiger partial charge is 0.247 e. The van der Waals surface area contributed by atoms with Crippen molar-refractivity contribution >= 4 is 15.8 Å². The Kier molecular flexibility index (Phi) is 4.75. The zero-order valence-electron chi connectivity index (χ0n) is 16.1. The number of sulfonamides is 1. The number of aromatic nitrogens is 2. The lowest BCUT2D eigenvalue weighted by Gasteiger charge is -2.55. The number of piperidine rings is 1. The molecule has 0 N–H and O–H groups in total. The van der Waals surface area contributed by atoms with Gasteiger partial charge in [-0.3, -0.25) is 0 Å². The second kappa shape index (κ2) is 6.97. The number of hydrogen-bond donors (Lipinski definition) is 0. The van der Waals surface area contributed by atoms with E-state index in [9.17, 15) is 12.8 Å². The Morgan fingerprint density at radius 2 is 1.96 bits per heavy atom. The fourth-order valence-corrected chi connectivity index (χ4v) is 6.16. The molecule has 3 saturated heterocycles. The van der Waals surface area contributed by atoms with Crippen LogP contribution >= 0.6 is 0 Å². The average Bonchev–Trinajstić information content (AvgIpc) is 2.67. The van der Waals surface area contributed by atoms with Gasteiger partial charge in [0.05, 0.1) is 12.8 Å². The molecule has 0 amide bonds. The molecule has 3 aliphatic heterocycles. The van der Waals surface area contributed by atoms with E-state index in [-0.39, 0.29) is 22.8 Å². The number of aryl methyl sites for hydroxylation is 2. The van der Waals surface area contributed by atoms with Gasteiger partial charge in [0, 0.05) is 25.2 Å². The molecule has 3 aliphatic rings. The van der Waals surface area contributed by atoms with Crippen LogP contribution in [-0.2, 0) is 16.4 Å². The summed E-state index contributed by atoms with van der Waals surface area (Å²) in [6.45, 7) is 4.49. The van der Waals surface area contributed by atoms with Crippen LogP contribution in [0.3, 0.4) is 0 Å². The Morgan fingerprint density at radius 3 is 2.61 bits per heavy atom. The highest BCUT2D eigenvalue weighted by molar-refractivity contribution is 7.89. The Morgan fingerprint density at radius 1 is 1.25 bits per heavy atom. The first-order chi connectivity index (χ1) is 13.4. The van der Waals surface area contributed by atoms with Crippen molar-refractivity contribution < 1.29 is 17.5 Å². The maximum atomic E-state index is 14.6. The van der Waals surface area contributed by atoms with Gasteiger partial charge >= 0.3 is 0 Å². The fourth-order valence-electron chi connectivity index (χ4n) is 4.10. The molecule has 28 heavy (non-hydrogen) atoms. The number of rotatable bonds is 5. The lowest BCUT2D eigenvalue weighted by atomic mass is 9.91. The molecule has 0 aliphatic carbocycles. The van der Waals surface area contributed by atoms with Crippen molar-refractivity contribution in [3.05, 3.63) is 41.6 Å². The molecule has 3 fully saturated rings. The van der Waals surface area contributed by atoms with Gasteiger partial charge in [0.1, 0.15) is 17.0 Å². The van der Waals surface area contributed by atoms with E-state index in [0.29, 0.717) is 31.0 Å². The topological polar surface area (TPSA) is 75.6 Å². The SMILES string of the molecule is CCc1ncnc(N2CC3CC(C2)N3S(=O)(=O)c2cc(C)ccc2OC)c1F. The van der Waals surface area contributed by atoms with Crippen LogP contribution in [0.5, 0.6) is 5.75 Å². The molecule has 0 saturated carbocycles. The molecule has 2 aromatic rings. The molecule has 7 nitrogen and oxygen atoms in total. The van der Waals surface area contributed by atoms with E-state index in [4.69, 9.17) is 4.74 Å². The highest BCUT2D eigenvalue weighted by Gasteiger charge is 2.52. The molecule has 2 bridgehead atoms. The zero-order chi connectivity index (χ0) is 20.1. The van der Waals surface area contributed by atoms with Crippen molar-refractivity contribution in [2.45, 2.75) is 43.7 Å². The minimum absolute atomic E-state index is 0.180. The van der Waals surface area contributed by atoms with Crippen LogP contribution in [-0.4, -0.2) is 55.0 Å². The number of methoxy groups -OCH3 is 1. The fraction of sp³-hybridized carbons (Fsp3) is 0.474. The number of ether oxygens (including phenoxy) is 1. The van der Waals surface area contributed by atoms with E-state index in [1.165, 1.54) is 13.4 Å². The minimum atomic E-state index is -3.70. The van der Waals surface area contributed by atoms with Crippen molar-refractivity contribution in [2.24, 2.45) is 0 Å². The van der Waals surface area contributed by atoms with Gasteiger partial charge in [0.15, 0.2) is 11.6 Å². The van der Waals surface area contributed by atoms with E-state index < -0.39 is 15.8 Å². The molecular formula is C19H23FN4O3S. The molecule has 2 unspecified atom stereocenters. The minimum Gasteiger partial charge on any atom is -0.495 e. The molecule has 0 radical (unpaired) electrons. The van der Waals surface area contributed by atoms with Crippen molar-refractivity contribution in [3.8, 4) is 5.75 Å². The lowest BCUT2D eigenvalue weighted by molar-refractivity contribution is 0.0868. The van der Waals surface area contributed by atoms with Crippen LogP contribution in [0.2, 0.25) is 0 Å². The maximum absolute atomic E-state index is 14.6. The monoisotopic (exact) mass is 406 g/mol. The largest absolute Gasteiger partial charge is 0.495 e. The predicted molar refractivity (Wildman–Crippen MR) is 103 cm³/mol. The highest BCUT2D eigenvalue weighted by Crippen LogP contribution is 2.41. The van der Waals surface area contributed by atoms with Gasteiger partial charge in [0.2, 0.25) is 10.0 Å². The van der Waals surface area contributed by atoms with Crippen LogP contribution in [0, 0.1) is 12.7 Å². The van der Waals surface area contributed by atoms with Crippen molar-refractivity contribution in [1.29, 1.82) is 0 Å². The van der Waals surface area contributed by atoms with Gasteiger partial charge in [-0.1, -0.05) is 13.0 Å². The number of benzene rings is 1. The summed E-state index contributed by atoms with van der Waals surface area (Å²) in [5.74, 6) is 0.176. The van der Waals surface area contributed by atoms with E-state index in [2.05, 4.69) is 9.97 Å². The van der Waals surface area contributed by atoms with Crippen molar-refractivity contribution in [1.82, 2.24) is 14.3 Å². The molecule has 2 atom stereocenters. The summed E-state index contributed by atoms with van der Waals surface area (Å²) in [6.07, 6.45) is 2.61. The number of nitrogens with zero attached hydrogens (tertiary/aromatic N) is 4. The second-order valence-electron chi connectivity index (χ2n) is 7.25. The lowest BCUT2D eigenvalue weighted by Crippen LogP contribution is -2.70. The Bertz CT molecular complexity index is 1000. The van der Waals surface area contributed by atoms with Crippen molar-refractivity contribution in [2.75, 3.05) is 25.1 Å². The summed E-state index contributed by atoms with van der Waals surface area (Å²) in [5.41, 5.74) is 1.22. The first-order valence-electron chi connectivity index (χ1n) is 9.29. The molecule has 4 heterocycles. The summed E-state index contributed by atoms with van der Waals surface area (Å²) >= 11 is 0. The van der Waals surface area contributed by atoms with E-state index >= 15 is 0 Å². The van der Waals surface area contributed by atoms with Gasteiger partial charge in [-0.25, -0.2) is 22.8 Å². The Balaban J connectivity index is 1.61. The van der Waals surface area contributed by atoms with Crippen LogP contribution < -0.4 is 9.64 Å². The summed E-state index contributed by atoms with van der Waals surface area (Å²) < 4.78 is 48.0. The highest BCUT2D eigenvalue weighted by atomic mass is 32.2. The van der Waals surface area contributed by atoms with E-state index in [0.717, 1.165) is 12.0 Å². The molecule has 5 rings (SSSR count). The first-order valence-corrected chi connectivity index (χ1v) is 10.7. The van der Waals surface area contributed by atoms with Crippen molar-refractivity contribution in [3.63, 3.8) is 0 Å². The standard InChI is InChI=1S/C19H23FN4O3S/c1-4-15-18(20)19(22-11-21-15)23-9-13-8-14(10-23)24(13)28(25,26)17-7-12(2)5-6-16(17)27-3/h5-7,11,13-14H,4,8-10H2,1-3H3. The quantitative estimate of drug-likeness (QED) is 0.757. The average molecular weight is 406 g/mol. The predicted octanol–water partition coefficient (Wildman–Crippen LogP) is 2.15. The van der Waals surface area contributed by atoms with Gasteiger partial charge in [-0.05, 0) is 37.5 Å². The summed E-state index contributed by atoms with van der Waals surface area (Å²) in [4.78, 5) is 10.1. The maximum Gasteiger partial charge on any atom is 0.247 e. The third-order valence-electron chi connectivity index (χ3n) is 5.48. The van der Waals surface area contributed by atoms with Crippen LogP contribution in [0.1, 0.15) is 24.6 Å². The van der Waals surface area contributed by atoms with Crippen LogP contribution in [0.4, 0.5) is 10.2 Å². The van der Waals surface area contributed by atoms with E-state index in [1.54, 1.807) is 16.4 Å². The molecule has 0 spiro atoms. The van der Waals surface area contributed by atoms with Gasteiger partial charge in [0.25, 0.3) is 0 Å². The number of hydrogen-bond acceptors (Lipinski definition) is 6. The number of halogens is 1. The summed E-state index contributed by atoms with van der Waals surface area (Å²) in [5, 5.41) is 0. The first kappa shape index (κ1) is 19.1. The third-order valence-corrected chi connectivity index (χ3v) is 7.50. The van der Waals surface area contributed by atoms with E-state index in [1.807, 2.05) is 24.8 Å². The number of piperazine rings is 1. The van der Waals surface area contributed by atoms with Gasteiger partial charge in [-0.15, -0.1) is 0 Å². The second-order valence-corrected chi connectivity index (χ2v) is 9.06. The van der Waals surface area contributed by atoms with Crippen LogP contribution in [0.25, 0.3) is 0 Å². The van der Waals surface area contributed by atoms with Gasteiger partial charge in [-0.2, -0.15) is 4.31 Å². The van der Waals surface area contributed by atoms with Gasteiger partial charge < -0.3 is 9.64 Å². The number of fused-ring (bicyclic) bond motifs is 2.